The Balaban J connectivity index is 1.63. The summed E-state index contributed by atoms with van der Waals surface area (Å²) in [6.07, 6.45) is 29.4. The summed E-state index contributed by atoms with van der Waals surface area (Å²) in [6.45, 7) is 9.21. The van der Waals surface area contributed by atoms with Crippen molar-refractivity contribution in [3.63, 3.8) is 0 Å². The molecule has 2 aliphatic rings. The molecule has 6 N–H and O–H groups in total. The van der Waals surface area contributed by atoms with Gasteiger partial charge >= 0.3 is 11.9 Å². The molecule has 2 rings (SSSR count). The lowest BCUT2D eigenvalue weighted by molar-refractivity contribution is -0.301. The summed E-state index contributed by atoms with van der Waals surface area (Å²) in [6, 6.07) is 0. The van der Waals surface area contributed by atoms with Gasteiger partial charge in [-0.1, -0.05) is 173 Å². The lowest BCUT2D eigenvalue weighted by Gasteiger charge is -2.39. The SMILES string of the molecule is CCCCCCCCCCSSCCCCCCOC(=O)CCN(CCCN(C)CCCC1=CN(CCO[C@H]2O[C@@H](CO)[C@H](O)[C@@H](O)[C@@H]2O)NN1)CCC(=O)OCCCCCCSSCCCCCCCCCC. The maximum absolute atomic E-state index is 12.8. The summed E-state index contributed by atoms with van der Waals surface area (Å²) < 4.78 is 22.3. The third-order valence-electron chi connectivity index (χ3n) is 13.5. The standard InChI is InChI=1S/C55H107N5O10S4/c1-4-6-8-10-12-14-18-24-42-71-73-44-26-20-16-22-39-67-50(62)31-36-59(37-32-51(63)68-40-23-17-21-27-45-74-72-43-25-19-15-13-11-9-7-5-2)35-29-34-58(3)33-28-30-48-46-60(57-56-48)38-41-69-55-54(66)53(65)52(64)49(47-61)70-55/h46,49,52-57,61,64-66H,4-45,47H2,1-3H3/t49-,52-,53+,54-,55-/m0/s1. The summed E-state index contributed by atoms with van der Waals surface area (Å²) in [5, 5.41) is 41.5. The Hall–Kier alpha value is -0.680. The van der Waals surface area contributed by atoms with Crippen LogP contribution in [0.25, 0.3) is 0 Å². The molecule has 0 saturated carbocycles. The van der Waals surface area contributed by atoms with Crippen LogP contribution in [0.1, 0.15) is 200 Å². The van der Waals surface area contributed by atoms with Gasteiger partial charge in [0.25, 0.3) is 0 Å². The van der Waals surface area contributed by atoms with Gasteiger partial charge in [0.2, 0.25) is 0 Å². The van der Waals surface area contributed by atoms with Crippen molar-refractivity contribution in [1.82, 2.24) is 25.8 Å². The Bertz CT molecular complexity index is 1300. The molecule has 19 heteroatoms. The summed E-state index contributed by atoms with van der Waals surface area (Å²) in [7, 11) is 10.2. The van der Waals surface area contributed by atoms with Crippen LogP contribution in [-0.4, -0.2) is 174 Å². The predicted molar refractivity (Wildman–Crippen MR) is 312 cm³/mol. The first kappa shape index (κ1) is 69.4. The van der Waals surface area contributed by atoms with Gasteiger partial charge in [-0.15, -0.1) is 5.53 Å². The van der Waals surface area contributed by atoms with Gasteiger partial charge < -0.3 is 54.6 Å². The number of aliphatic hydroxyl groups excluding tert-OH is 4. The van der Waals surface area contributed by atoms with E-state index in [1.165, 1.54) is 151 Å². The molecule has 2 aliphatic heterocycles. The molecule has 5 atom stereocenters. The lowest BCUT2D eigenvalue weighted by atomic mass is 9.99. The number of allylic oxidation sites excluding steroid dienone is 1. The fourth-order valence-electron chi connectivity index (χ4n) is 8.74. The van der Waals surface area contributed by atoms with Crippen molar-refractivity contribution in [3.05, 3.63) is 11.9 Å². The maximum atomic E-state index is 12.8. The van der Waals surface area contributed by atoms with Crippen LogP contribution in [0, 0.1) is 0 Å². The average Bonchev–Trinajstić information content (AvgIpc) is 3.85. The summed E-state index contributed by atoms with van der Waals surface area (Å²) in [5.74, 6) is 4.54. The number of hydrazine groups is 2. The number of hydrogen-bond acceptors (Lipinski definition) is 19. The molecule has 1 saturated heterocycles. The van der Waals surface area contributed by atoms with Gasteiger partial charge in [-0.3, -0.25) is 14.6 Å². The van der Waals surface area contributed by atoms with Crippen LogP contribution in [0.3, 0.4) is 0 Å². The summed E-state index contributed by atoms with van der Waals surface area (Å²) in [5.41, 5.74) is 7.29. The Labute approximate surface area is 465 Å². The minimum absolute atomic E-state index is 0.167. The Morgan fingerprint density at radius 3 is 1.53 bits per heavy atom. The monoisotopic (exact) mass is 1130 g/mol. The fourth-order valence-corrected chi connectivity index (χ4v) is 13.3. The van der Waals surface area contributed by atoms with Gasteiger partial charge in [0.1, 0.15) is 24.4 Å². The van der Waals surface area contributed by atoms with E-state index in [2.05, 4.69) is 41.7 Å². The third-order valence-corrected chi connectivity index (χ3v) is 18.7. The Morgan fingerprint density at radius 2 is 1.04 bits per heavy atom. The van der Waals surface area contributed by atoms with Gasteiger partial charge in [-0.2, -0.15) is 0 Å². The Morgan fingerprint density at radius 1 is 0.581 bits per heavy atom. The zero-order chi connectivity index (χ0) is 53.5. The van der Waals surface area contributed by atoms with Crippen LogP contribution in [-0.2, 0) is 28.5 Å². The lowest BCUT2D eigenvalue weighted by Crippen LogP contribution is -2.59. The molecule has 2 heterocycles. The van der Waals surface area contributed by atoms with Crippen LogP contribution in [0.4, 0.5) is 0 Å². The first-order chi connectivity index (χ1) is 36.2. The second-order valence-corrected chi connectivity index (χ2v) is 25.7. The molecular weight excluding hydrogens is 1020 g/mol. The number of ether oxygens (including phenoxy) is 4. The van der Waals surface area contributed by atoms with Gasteiger partial charge in [0, 0.05) is 48.0 Å². The van der Waals surface area contributed by atoms with Crippen molar-refractivity contribution in [2.45, 2.75) is 231 Å². The molecule has 74 heavy (non-hydrogen) atoms. The molecule has 0 amide bonds. The molecule has 0 bridgehead atoms. The molecule has 0 aromatic heterocycles. The number of nitrogens with zero attached hydrogens (tertiary/aromatic N) is 3. The van der Waals surface area contributed by atoms with Crippen LogP contribution in [0.5, 0.6) is 0 Å². The molecular formula is C55H107N5O10S4. The average molecular weight is 1130 g/mol. The number of nitrogens with one attached hydrogen (secondary N) is 2. The molecule has 0 spiro atoms. The largest absolute Gasteiger partial charge is 0.466 e. The summed E-state index contributed by atoms with van der Waals surface area (Å²) in [4.78, 5) is 30.1. The van der Waals surface area contributed by atoms with E-state index in [4.69, 9.17) is 18.9 Å². The molecule has 15 nitrogen and oxygen atoms in total. The molecule has 0 aliphatic carbocycles. The quantitative estimate of drug-likeness (QED) is 0.0192. The van der Waals surface area contributed by atoms with E-state index in [-0.39, 0.29) is 18.5 Å². The van der Waals surface area contributed by atoms with Crippen molar-refractivity contribution >= 4 is 55.1 Å². The number of esters is 2. The maximum Gasteiger partial charge on any atom is 0.307 e. The first-order valence-corrected chi connectivity index (χ1v) is 34.3. The number of rotatable bonds is 53. The van der Waals surface area contributed by atoms with E-state index in [0.29, 0.717) is 45.7 Å². The van der Waals surface area contributed by atoms with Gasteiger partial charge in [-0.25, -0.2) is 0 Å². The van der Waals surface area contributed by atoms with E-state index in [9.17, 15) is 30.0 Å². The van der Waals surface area contributed by atoms with Gasteiger partial charge in [-0.05, 0) is 84.5 Å². The number of unbranched alkanes of at least 4 members (excludes halogenated alkanes) is 20. The van der Waals surface area contributed by atoms with Crippen LogP contribution >= 0.6 is 43.2 Å². The van der Waals surface area contributed by atoms with Gasteiger partial charge in [0.05, 0.1) is 45.8 Å². The topological polar surface area (TPSA) is 186 Å². The summed E-state index contributed by atoms with van der Waals surface area (Å²) >= 11 is 0. The molecule has 0 radical (unpaired) electrons. The zero-order valence-electron chi connectivity index (χ0n) is 46.6. The van der Waals surface area contributed by atoms with E-state index in [0.717, 1.165) is 70.3 Å². The second-order valence-electron chi connectivity index (χ2n) is 20.3. The van der Waals surface area contributed by atoms with E-state index < -0.39 is 37.3 Å². The number of carbonyl (C=O) groups excluding carboxylic acids is 2. The highest BCUT2D eigenvalue weighted by atomic mass is 33.1. The van der Waals surface area contributed by atoms with Crippen molar-refractivity contribution in [3.8, 4) is 0 Å². The fraction of sp³-hybridized carbons (Fsp3) is 0.927. The van der Waals surface area contributed by atoms with E-state index >= 15 is 0 Å². The highest BCUT2D eigenvalue weighted by Crippen LogP contribution is 2.26. The highest BCUT2D eigenvalue weighted by molar-refractivity contribution is 8.77. The molecule has 0 unspecified atom stereocenters. The minimum atomic E-state index is -1.47. The second kappa shape index (κ2) is 49.4. The van der Waals surface area contributed by atoms with Crippen molar-refractivity contribution in [2.75, 3.05) is 95.8 Å². The minimum Gasteiger partial charge on any atom is -0.466 e. The van der Waals surface area contributed by atoms with E-state index in [1.54, 1.807) is 0 Å². The molecule has 436 valence electrons. The van der Waals surface area contributed by atoms with E-state index in [1.807, 2.05) is 54.4 Å². The van der Waals surface area contributed by atoms with Crippen LogP contribution < -0.4 is 11.0 Å². The highest BCUT2D eigenvalue weighted by Gasteiger charge is 2.44. The van der Waals surface area contributed by atoms with Gasteiger partial charge in [0.15, 0.2) is 6.29 Å². The predicted octanol–water partition coefficient (Wildman–Crippen LogP) is 10.4. The number of aliphatic hydroxyl groups is 4. The number of hydrogen-bond donors (Lipinski definition) is 6. The first-order valence-electron chi connectivity index (χ1n) is 29.3. The van der Waals surface area contributed by atoms with Crippen molar-refractivity contribution in [2.24, 2.45) is 0 Å². The third kappa shape index (κ3) is 38.0. The van der Waals surface area contributed by atoms with Crippen molar-refractivity contribution < 1.29 is 49.0 Å². The smallest absolute Gasteiger partial charge is 0.307 e. The number of carbonyl (C=O) groups is 2. The van der Waals surface area contributed by atoms with Crippen LogP contribution in [0.15, 0.2) is 11.9 Å². The van der Waals surface area contributed by atoms with Crippen molar-refractivity contribution in [1.29, 1.82) is 0 Å². The molecule has 0 aromatic carbocycles. The molecule has 0 aromatic rings. The van der Waals surface area contributed by atoms with Crippen LogP contribution in [0.2, 0.25) is 0 Å². The normalized spacial score (nSPS) is 18.9. The Kier molecular flexibility index (Phi) is 46.3. The zero-order valence-corrected chi connectivity index (χ0v) is 49.8. The molecule has 1 fully saturated rings.